The number of halogens is 2. The largest absolute Gasteiger partial charge is 0.322 e. The van der Waals surface area contributed by atoms with Crippen molar-refractivity contribution >= 4 is 23.3 Å². The molecule has 5 nitrogen and oxygen atoms in total. The second-order valence-electron chi connectivity index (χ2n) is 8.62. The summed E-state index contributed by atoms with van der Waals surface area (Å²) in [6.45, 7) is 1.84. The zero-order chi connectivity index (χ0) is 24.9. The summed E-state index contributed by atoms with van der Waals surface area (Å²) in [7, 11) is 0. The van der Waals surface area contributed by atoms with Crippen LogP contribution in [0.2, 0.25) is 0 Å². The molecule has 0 radical (unpaired) electrons. The quantitative estimate of drug-likeness (QED) is 0.531. The molecule has 2 aliphatic rings. The standard InChI is InChI=1S/C28H24F2N2O3/c1-17-13-21(16-23(30)14-17)28(35)32-25-11-7-19(8-12-25)26(33)18-5-9-24(10-6-18)31-27(34)20-3-2-4-22(29)15-20/h2-5,7-13,15-18H,6,14H2,1H3,(H,31,34)(H,32,35). The van der Waals surface area contributed by atoms with Crippen molar-refractivity contribution in [1.29, 1.82) is 0 Å². The predicted molar refractivity (Wildman–Crippen MR) is 130 cm³/mol. The molecule has 2 atom stereocenters. The number of nitrogens with one attached hydrogen (secondary N) is 2. The van der Waals surface area contributed by atoms with E-state index < -0.39 is 23.5 Å². The highest BCUT2D eigenvalue weighted by Crippen LogP contribution is 2.25. The highest BCUT2D eigenvalue weighted by atomic mass is 19.1. The number of amides is 2. The molecule has 0 fully saturated rings. The normalized spacial score (nSPS) is 19.2. The van der Waals surface area contributed by atoms with E-state index in [2.05, 4.69) is 10.6 Å². The zero-order valence-electron chi connectivity index (χ0n) is 19.1. The first-order valence-electron chi connectivity index (χ1n) is 11.3. The lowest BCUT2D eigenvalue weighted by molar-refractivity contribution is -0.112. The molecule has 0 bridgehead atoms. The second kappa shape index (κ2) is 10.4. The molecular formula is C28H24F2N2O3. The van der Waals surface area contributed by atoms with Gasteiger partial charge in [-0.3, -0.25) is 14.4 Å². The number of Topliss-reactive ketones (excluding diaryl/α,β-unsaturated/α-hetero) is 1. The number of anilines is 1. The smallest absolute Gasteiger partial charge is 0.255 e. The van der Waals surface area contributed by atoms with Crippen molar-refractivity contribution in [2.75, 3.05) is 5.32 Å². The Morgan fingerprint density at radius 1 is 0.943 bits per heavy atom. The lowest BCUT2D eigenvalue weighted by Crippen LogP contribution is -2.24. The summed E-state index contributed by atoms with van der Waals surface area (Å²) in [5.74, 6) is -2.19. The van der Waals surface area contributed by atoms with Crippen molar-refractivity contribution in [2.24, 2.45) is 11.8 Å². The van der Waals surface area contributed by atoms with Crippen molar-refractivity contribution in [3.63, 3.8) is 0 Å². The van der Waals surface area contributed by atoms with Gasteiger partial charge in [-0.05, 0) is 67.0 Å². The fourth-order valence-corrected chi connectivity index (χ4v) is 3.97. The van der Waals surface area contributed by atoms with Gasteiger partial charge in [0.15, 0.2) is 5.78 Å². The van der Waals surface area contributed by atoms with Gasteiger partial charge in [-0.15, -0.1) is 0 Å². The zero-order valence-corrected chi connectivity index (χ0v) is 19.1. The van der Waals surface area contributed by atoms with Crippen molar-refractivity contribution in [3.05, 3.63) is 113 Å². The number of rotatable bonds is 6. The Labute approximate surface area is 201 Å². The summed E-state index contributed by atoms with van der Waals surface area (Å²) in [5, 5.41) is 5.43. The molecule has 0 saturated heterocycles. The van der Waals surface area contributed by atoms with Gasteiger partial charge in [0, 0.05) is 40.4 Å². The van der Waals surface area contributed by atoms with Crippen molar-refractivity contribution in [3.8, 4) is 0 Å². The van der Waals surface area contributed by atoms with Gasteiger partial charge < -0.3 is 10.6 Å². The molecule has 2 aromatic carbocycles. The molecular weight excluding hydrogens is 450 g/mol. The molecule has 2 amide bonds. The van der Waals surface area contributed by atoms with Gasteiger partial charge >= 0.3 is 0 Å². The second-order valence-corrected chi connectivity index (χ2v) is 8.62. The maximum Gasteiger partial charge on any atom is 0.255 e. The van der Waals surface area contributed by atoms with Crippen LogP contribution in [0.3, 0.4) is 0 Å². The molecule has 2 unspecified atom stereocenters. The number of ketones is 1. The van der Waals surface area contributed by atoms with E-state index in [1.165, 1.54) is 24.3 Å². The highest BCUT2D eigenvalue weighted by Gasteiger charge is 2.21. The number of allylic oxidation sites excluding steroid dienone is 5. The maximum absolute atomic E-state index is 13.6. The summed E-state index contributed by atoms with van der Waals surface area (Å²) < 4.78 is 27.0. The van der Waals surface area contributed by atoms with Gasteiger partial charge in [-0.2, -0.15) is 0 Å². The Kier molecular flexibility index (Phi) is 7.15. The van der Waals surface area contributed by atoms with Gasteiger partial charge in [0.25, 0.3) is 11.8 Å². The Balaban J connectivity index is 1.33. The highest BCUT2D eigenvalue weighted by molar-refractivity contribution is 6.06. The Morgan fingerprint density at radius 2 is 1.71 bits per heavy atom. The van der Waals surface area contributed by atoms with E-state index in [1.807, 2.05) is 6.92 Å². The third-order valence-corrected chi connectivity index (χ3v) is 5.76. The van der Waals surface area contributed by atoms with Gasteiger partial charge in [0.05, 0.1) is 0 Å². The number of hydrogen-bond acceptors (Lipinski definition) is 3. The summed E-state index contributed by atoms with van der Waals surface area (Å²) in [6, 6.07) is 11.9. The molecule has 2 N–H and O–H groups in total. The number of carbonyl (C=O) groups excluding carboxylic acids is 3. The number of carbonyl (C=O) groups is 3. The molecule has 0 spiro atoms. The van der Waals surface area contributed by atoms with Crippen LogP contribution in [0.15, 0.2) is 96.0 Å². The van der Waals surface area contributed by atoms with Crippen LogP contribution in [0, 0.1) is 17.7 Å². The predicted octanol–water partition coefficient (Wildman–Crippen LogP) is 5.66. The van der Waals surface area contributed by atoms with Crippen LogP contribution in [0.5, 0.6) is 0 Å². The molecule has 0 aliphatic heterocycles. The lowest BCUT2D eigenvalue weighted by Gasteiger charge is -2.17. The third-order valence-electron chi connectivity index (χ3n) is 5.76. The van der Waals surface area contributed by atoms with Crippen LogP contribution in [0.1, 0.15) is 40.5 Å². The topological polar surface area (TPSA) is 75.3 Å². The van der Waals surface area contributed by atoms with Gasteiger partial charge in [0.2, 0.25) is 0 Å². The van der Waals surface area contributed by atoms with E-state index in [-0.39, 0.29) is 28.7 Å². The Bertz CT molecular complexity index is 1290. The fourth-order valence-electron chi connectivity index (χ4n) is 3.97. The average Bonchev–Trinajstić information content (AvgIpc) is 2.84. The van der Waals surface area contributed by atoms with Crippen molar-refractivity contribution < 1.29 is 23.2 Å². The molecule has 178 valence electrons. The van der Waals surface area contributed by atoms with Crippen LogP contribution >= 0.6 is 0 Å². The van der Waals surface area contributed by atoms with E-state index in [0.29, 0.717) is 29.8 Å². The van der Waals surface area contributed by atoms with Crippen LogP contribution in [0.25, 0.3) is 0 Å². The maximum atomic E-state index is 13.6. The minimum Gasteiger partial charge on any atom is -0.322 e. The first-order chi connectivity index (χ1) is 16.8. The molecule has 0 aromatic heterocycles. The van der Waals surface area contributed by atoms with E-state index in [1.54, 1.807) is 48.6 Å². The third kappa shape index (κ3) is 6.06. The molecule has 0 saturated carbocycles. The summed E-state index contributed by atoms with van der Waals surface area (Å²) >= 11 is 0. The van der Waals surface area contributed by atoms with Crippen LogP contribution in [-0.2, 0) is 4.79 Å². The SMILES string of the molecule is CC1C=C(C(=O)Nc2ccc(C(=O)C3C=CC(NC(=O)c4cccc(F)c4)=CC3)cc2)C=C(F)C1. The van der Waals surface area contributed by atoms with Gasteiger partial charge in [0.1, 0.15) is 11.6 Å². The van der Waals surface area contributed by atoms with E-state index >= 15 is 0 Å². The molecule has 2 aliphatic carbocycles. The fraction of sp³-hybridized carbons (Fsp3) is 0.179. The van der Waals surface area contributed by atoms with Crippen molar-refractivity contribution in [2.45, 2.75) is 19.8 Å². The van der Waals surface area contributed by atoms with Gasteiger partial charge in [-0.25, -0.2) is 8.78 Å². The van der Waals surface area contributed by atoms with E-state index in [4.69, 9.17) is 0 Å². The van der Waals surface area contributed by atoms with Crippen LogP contribution in [0.4, 0.5) is 14.5 Å². The average molecular weight is 475 g/mol. The molecule has 4 rings (SSSR count). The molecule has 0 heterocycles. The number of hydrogen-bond donors (Lipinski definition) is 2. The Hall–Kier alpha value is -4.13. The van der Waals surface area contributed by atoms with Crippen LogP contribution in [-0.4, -0.2) is 17.6 Å². The van der Waals surface area contributed by atoms with E-state index in [0.717, 1.165) is 6.07 Å². The molecule has 35 heavy (non-hydrogen) atoms. The monoisotopic (exact) mass is 474 g/mol. The van der Waals surface area contributed by atoms with Crippen LogP contribution < -0.4 is 10.6 Å². The van der Waals surface area contributed by atoms with Gasteiger partial charge in [-0.1, -0.05) is 31.2 Å². The molecule has 7 heteroatoms. The minimum absolute atomic E-state index is 0.0477. The lowest BCUT2D eigenvalue weighted by atomic mass is 9.91. The summed E-state index contributed by atoms with van der Waals surface area (Å²) in [6.07, 6.45) is 8.79. The van der Waals surface area contributed by atoms with E-state index in [9.17, 15) is 23.2 Å². The Morgan fingerprint density at radius 3 is 2.37 bits per heavy atom. The first kappa shape index (κ1) is 24.0. The minimum atomic E-state index is -0.492. The summed E-state index contributed by atoms with van der Waals surface area (Å²) in [5.41, 5.74) is 2.01. The number of benzene rings is 2. The molecule has 2 aromatic rings. The van der Waals surface area contributed by atoms with Crippen molar-refractivity contribution in [1.82, 2.24) is 5.32 Å². The first-order valence-corrected chi connectivity index (χ1v) is 11.3. The summed E-state index contributed by atoms with van der Waals surface area (Å²) in [4.78, 5) is 37.6.